The number of likely N-dealkylation sites (tertiary alicyclic amines) is 2. The first-order valence-corrected chi connectivity index (χ1v) is 10.4. The minimum atomic E-state index is 0.207. The molecule has 1 N–H and O–H groups in total. The molecule has 0 unspecified atom stereocenters. The van der Waals surface area contributed by atoms with E-state index in [1.807, 2.05) is 0 Å². The molecule has 142 valence electrons. The average molecular weight is 357 g/mol. The third-order valence-corrected chi connectivity index (χ3v) is 6.15. The number of carbonyl (C=O) groups excluding carboxylic acids is 1. The van der Waals surface area contributed by atoms with Gasteiger partial charge in [0.2, 0.25) is 5.91 Å². The summed E-state index contributed by atoms with van der Waals surface area (Å²) < 4.78 is 0. The molecule has 2 aliphatic heterocycles. The van der Waals surface area contributed by atoms with Crippen molar-refractivity contribution in [3.05, 3.63) is 29.6 Å². The van der Waals surface area contributed by atoms with Crippen molar-refractivity contribution in [3.63, 3.8) is 0 Å². The van der Waals surface area contributed by atoms with E-state index < -0.39 is 0 Å². The summed E-state index contributed by atoms with van der Waals surface area (Å²) in [5.41, 5.74) is 2.28. The quantitative estimate of drug-likeness (QED) is 0.880. The van der Waals surface area contributed by atoms with Crippen molar-refractivity contribution < 1.29 is 4.79 Å². The molecule has 1 aliphatic carbocycles. The molecule has 1 saturated carbocycles. The Morgan fingerprint density at radius 1 is 1.15 bits per heavy atom. The van der Waals surface area contributed by atoms with Gasteiger partial charge in [0.25, 0.3) is 0 Å². The van der Waals surface area contributed by atoms with Crippen molar-refractivity contribution >= 4 is 5.91 Å². The third kappa shape index (κ3) is 4.63. The average Bonchev–Trinajstić information content (AvgIpc) is 3.46. The van der Waals surface area contributed by atoms with E-state index in [4.69, 9.17) is 0 Å². The summed E-state index contributed by atoms with van der Waals surface area (Å²) >= 11 is 0. The number of carbonyl (C=O) groups is 1. The summed E-state index contributed by atoms with van der Waals surface area (Å²) in [7, 11) is 0. The number of hydrogen-bond donors (Lipinski definition) is 1. The first kappa shape index (κ1) is 17.9. The molecule has 5 heteroatoms. The number of nitrogens with zero attached hydrogens (tertiary/aromatic N) is 3. The fourth-order valence-electron chi connectivity index (χ4n) is 4.46. The van der Waals surface area contributed by atoms with E-state index in [2.05, 4.69) is 45.2 Å². The van der Waals surface area contributed by atoms with Crippen molar-refractivity contribution in [2.24, 2.45) is 5.92 Å². The number of pyridine rings is 1. The normalized spacial score (nSPS) is 26.0. The van der Waals surface area contributed by atoms with Gasteiger partial charge in [-0.15, -0.1) is 0 Å². The van der Waals surface area contributed by atoms with Crippen LogP contribution in [0.15, 0.2) is 18.2 Å². The van der Waals surface area contributed by atoms with E-state index >= 15 is 0 Å². The largest absolute Gasteiger partial charge is 0.353 e. The molecule has 0 aromatic carbocycles. The van der Waals surface area contributed by atoms with Gasteiger partial charge < -0.3 is 5.32 Å². The lowest BCUT2D eigenvalue weighted by Crippen LogP contribution is -2.50. The highest BCUT2D eigenvalue weighted by Crippen LogP contribution is 2.26. The molecule has 4 rings (SSSR count). The standard InChI is InChI=1S/C21H32N4O/c1-16-4-2-6-19(22-16)15-24-12-9-20(10-13-24)25-11-3-5-17(14-25)21(26)23-18-7-8-18/h2,4,6,17-18,20H,3,5,7-15H2,1H3,(H,23,26)/t17-/m0/s1. The van der Waals surface area contributed by atoms with E-state index in [1.165, 1.54) is 31.4 Å². The molecule has 0 radical (unpaired) electrons. The van der Waals surface area contributed by atoms with E-state index in [0.717, 1.165) is 51.3 Å². The van der Waals surface area contributed by atoms with Crippen molar-refractivity contribution in [3.8, 4) is 0 Å². The lowest BCUT2D eigenvalue weighted by atomic mass is 9.93. The SMILES string of the molecule is Cc1cccc(CN2CCC(N3CCC[C@H](C(=O)NC4CC4)C3)CC2)n1. The zero-order valence-electron chi connectivity index (χ0n) is 16.0. The van der Waals surface area contributed by atoms with Crippen molar-refractivity contribution in [1.82, 2.24) is 20.1 Å². The topological polar surface area (TPSA) is 48.5 Å². The number of piperidine rings is 2. The van der Waals surface area contributed by atoms with Crippen LogP contribution in [0, 0.1) is 12.8 Å². The number of amides is 1. The lowest BCUT2D eigenvalue weighted by molar-refractivity contribution is -0.127. The van der Waals surface area contributed by atoms with E-state index in [-0.39, 0.29) is 5.92 Å². The first-order chi connectivity index (χ1) is 12.7. The monoisotopic (exact) mass is 356 g/mol. The van der Waals surface area contributed by atoms with Gasteiger partial charge in [0.05, 0.1) is 11.6 Å². The van der Waals surface area contributed by atoms with Gasteiger partial charge in [-0.05, 0) is 64.1 Å². The third-order valence-electron chi connectivity index (χ3n) is 6.15. The Balaban J connectivity index is 1.25. The maximum absolute atomic E-state index is 12.4. The molecule has 0 spiro atoms. The molecule has 1 amide bonds. The molecule has 3 aliphatic rings. The fourth-order valence-corrected chi connectivity index (χ4v) is 4.46. The van der Waals surface area contributed by atoms with Crippen LogP contribution in [-0.4, -0.2) is 59.0 Å². The summed E-state index contributed by atoms with van der Waals surface area (Å²) in [4.78, 5) is 22.2. The molecule has 26 heavy (non-hydrogen) atoms. The zero-order chi connectivity index (χ0) is 17.9. The smallest absolute Gasteiger partial charge is 0.224 e. The maximum atomic E-state index is 12.4. The summed E-state index contributed by atoms with van der Waals surface area (Å²) in [6, 6.07) is 7.42. The molecule has 3 heterocycles. The second-order valence-corrected chi connectivity index (χ2v) is 8.39. The molecule has 3 fully saturated rings. The maximum Gasteiger partial charge on any atom is 0.224 e. The van der Waals surface area contributed by atoms with Crippen LogP contribution < -0.4 is 5.32 Å². The minimum absolute atomic E-state index is 0.207. The van der Waals surface area contributed by atoms with Crippen LogP contribution in [0.1, 0.15) is 49.9 Å². The number of hydrogen-bond acceptors (Lipinski definition) is 4. The van der Waals surface area contributed by atoms with Gasteiger partial charge in [0, 0.05) is 44.0 Å². The molecule has 1 atom stereocenters. The lowest BCUT2D eigenvalue weighted by Gasteiger charge is -2.42. The van der Waals surface area contributed by atoms with Gasteiger partial charge in [-0.1, -0.05) is 6.07 Å². The number of aromatic nitrogens is 1. The second kappa shape index (κ2) is 8.05. The molecular weight excluding hydrogens is 324 g/mol. The van der Waals surface area contributed by atoms with Gasteiger partial charge in [-0.3, -0.25) is 19.6 Å². The molecule has 2 saturated heterocycles. The fraction of sp³-hybridized carbons (Fsp3) is 0.714. The van der Waals surface area contributed by atoms with Gasteiger partial charge in [0.15, 0.2) is 0 Å². The second-order valence-electron chi connectivity index (χ2n) is 8.39. The van der Waals surface area contributed by atoms with Crippen LogP contribution in [-0.2, 0) is 11.3 Å². The molecule has 5 nitrogen and oxygen atoms in total. The van der Waals surface area contributed by atoms with Crippen LogP contribution in [0.3, 0.4) is 0 Å². The predicted octanol–water partition coefficient (Wildman–Crippen LogP) is 2.35. The Morgan fingerprint density at radius 2 is 1.96 bits per heavy atom. The van der Waals surface area contributed by atoms with Gasteiger partial charge in [-0.25, -0.2) is 0 Å². The van der Waals surface area contributed by atoms with Crippen LogP contribution >= 0.6 is 0 Å². The van der Waals surface area contributed by atoms with Crippen molar-refractivity contribution in [2.75, 3.05) is 26.2 Å². The summed E-state index contributed by atoms with van der Waals surface area (Å²) in [6.45, 7) is 7.41. The summed E-state index contributed by atoms with van der Waals surface area (Å²) in [5.74, 6) is 0.513. The Kier molecular flexibility index (Phi) is 5.55. The molecule has 1 aromatic rings. The Morgan fingerprint density at radius 3 is 2.69 bits per heavy atom. The van der Waals surface area contributed by atoms with Gasteiger partial charge >= 0.3 is 0 Å². The van der Waals surface area contributed by atoms with Crippen molar-refractivity contribution in [1.29, 1.82) is 0 Å². The van der Waals surface area contributed by atoms with E-state index in [0.29, 0.717) is 18.0 Å². The Labute approximate surface area is 157 Å². The summed E-state index contributed by atoms with van der Waals surface area (Å²) in [5, 5.41) is 3.21. The molecule has 0 bridgehead atoms. The van der Waals surface area contributed by atoms with Crippen molar-refractivity contribution in [2.45, 2.75) is 64.1 Å². The number of nitrogens with one attached hydrogen (secondary N) is 1. The zero-order valence-corrected chi connectivity index (χ0v) is 16.0. The molecular formula is C21H32N4O. The highest BCUT2D eigenvalue weighted by atomic mass is 16.2. The highest BCUT2D eigenvalue weighted by molar-refractivity contribution is 5.79. The van der Waals surface area contributed by atoms with Gasteiger partial charge in [-0.2, -0.15) is 0 Å². The predicted molar refractivity (Wildman–Crippen MR) is 103 cm³/mol. The van der Waals surface area contributed by atoms with Gasteiger partial charge in [0.1, 0.15) is 0 Å². The van der Waals surface area contributed by atoms with Crippen LogP contribution in [0.25, 0.3) is 0 Å². The van der Waals surface area contributed by atoms with Crippen LogP contribution in [0.4, 0.5) is 0 Å². The Hall–Kier alpha value is -1.46. The van der Waals surface area contributed by atoms with E-state index in [9.17, 15) is 4.79 Å². The van der Waals surface area contributed by atoms with Crippen LogP contribution in [0.5, 0.6) is 0 Å². The summed E-state index contributed by atoms with van der Waals surface area (Å²) in [6.07, 6.45) is 7.00. The first-order valence-electron chi connectivity index (χ1n) is 10.4. The van der Waals surface area contributed by atoms with E-state index in [1.54, 1.807) is 0 Å². The van der Waals surface area contributed by atoms with Crippen LogP contribution in [0.2, 0.25) is 0 Å². The Bertz CT molecular complexity index is 622. The number of aryl methyl sites for hydroxylation is 1. The minimum Gasteiger partial charge on any atom is -0.353 e. The highest BCUT2D eigenvalue weighted by Gasteiger charge is 2.33. The number of rotatable bonds is 5. The molecule has 1 aromatic heterocycles.